The molecule has 0 radical (unpaired) electrons. The van der Waals surface area contributed by atoms with Crippen LogP contribution in [-0.4, -0.2) is 43.3 Å². The molecule has 0 saturated carbocycles. The van der Waals surface area contributed by atoms with Gasteiger partial charge in [-0.2, -0.15) is 0 Å². The zero-order chi connectivity index (χ0) is 13.7. The fourth-order valence-corrected chi connectivity index (χ4v) is 1.83. The first-order valence-corrected chi connectivity index (χ1v) is 6.12. The van der Waals surface area contributed by atoms with Crippen LogP contribution in [0.15, 0.2) is 24.5 Å². The number of nitrogens with two attached hydrogens (primary N) is 1. The standard InChI is InChI=1S/C13H17FN4O/c1-18(6-8-19-7-5-15)13-10-3-2-4-11(14)12(10)16-9-17-13/h2-4,9H,5-8,15H2,1H3. The molecule has 2 N–H and O–H groups in total. The van der Waals surface area contributed by atoms with E-state index in [0.29, 0.717) is 43.0 Å². The van der Waals surface area contributed by atoms with Crippen LogP contribution in [0.25, 0.3) is 10.9 Å². The van der Waals surface area contributed by atoms with Gasteiger partial charge in [0.1, 0.15) is 23.5 Å². The molecule has 1 aromatic heterocycles. The van der Waals surface area contributed by atoms with Crippen molar-refractivity contribution in [2.24, 2.45) is 5.73 Å². The lowest BCUT2D eigenvalue weighted by molar-refractivity contribution is 0.148. The molecule has 0 unspecified atom stereocenters. The molecular formula is C13H17FN4O. The summed E-state index contributed by atoms with van der Waals surface area (Å²) >= 11 is 0. The number of ether oxygens (including phenoxy) is 1. The smallest absolute Gasteiger partial charge is 0.149 e. The Morgan fingerprint density at radius 1 is 1.32 bits per heavy atom. The molecule has 19 heavy (non-hydrogen) atoms. The van der Waals surface area contributed by atoms with Crippen LogP contribution in [0.5, 0.6) is 0 Å². The van der Waals surface area contributed by atoms with Crippen LogP contribution in [0, 0.1) is 5.82 Å². The first kappa shape index (κ1) is 13.6. The Kier molecular flexibility index (Phi) is 4.59. The van der Waals surface area contributed by atoms with Gasteiger partial charge in [0.25, 0.3) is 0 Å². The highest BCUT2D eigenvalue weighted by Crippen LogP contribution is 2.23. The molecule has 2 aromatic rings. The van der Waals surface area contributed by atoms with Gasteiger partial charge < -0.3 is 15.4 Å². The predicted molar refractivity (Wildman–Crippen MR) is 72.6 cm³/mol. The van der Waals surface area contributed by atoms with E-state index in [-0.39, 0.29) is 5.82 Å². The molecule has 0 spiro atoms. The van der Waals surface area contributed by atoms with Crippen molar-refractivity contribution in [3.05, 3.63) is 30.3 Å². The molecule has 0 aliphatic rings. The molecule has 1 aromatic carbocycles. The van der Waals surface area contributed by atoms with Gasteiger partial charge >= 0.3 is 0 Å². The van der Waals surface area contributed by atoms with E-state index in [2.05, 4.69) is 9.97 Å². The molecule has 6 heteroatoms. The molecule has 0 aliphatic carbocycles. The molecular weight excluding hydrogens is 247 g/mol. The first-order valence-electron chi connectivity index (χ1n) is 6.12. The van der Waals surface area contributed by atoms with E-state index < -0.39 is 0 Å². The Morgan fingerprint density at radius 2 is 2.16 bits per heavy atom. The van der Waals surface area contributed by atoms with Gasteiger partial charge in [-0.15, -0.1) is 0 Å². The molecule has 0 fully saturated rings. The number of halogens is 1. The minimum Gasteiger partial charge on any atom is -0.378 e. The van der Waals surface area contributed by atoms with E-state index in [0.717, 1.165) is 0 Å². The Morgan fingerprint density at radius 3 is 2.95 bits per heavy atom. The number of hydrogen-bond acceptors (Lipinski definition) is 5. The van der Waals surface area contributed by atoms with Crippen molar-refractivity contribution in [3.8, 4) is 0 Å². The Labute approximate surface area is 111 Å². The third-order valence-corrected chi connectivity index (χ3v) is 2.79. The van der Waals surface area contributed by atoms with Gasteiger partial charge in [0.2, 0.25) is 0 Å². The molecule has 0 amide bonds. The number of anilines is 1. The van der Waals surface area contributed by atoms with E-state index in [9.17, 15) is 4.39 Å². The molecule has 0 bridgehead atoms. The van der Waals surface area contributed by atoms with Crippen molar-refractivity contribution in [2.75, 3.05) is 38.3 Å². The number of benzene rings is 1. The summed E-state index contributed by atoms with van der Waals surface area (Å²) in [5.74, 6) is 0.356. The summed E-state index contributed by atoms with van der Waals surface area (Å²) in [6.07, 6.45) is 1.37. The maximum absolute atomic E-state index is 13.6. The molecule has 2 rings (SSSR count). The zero-order valence-electron chi connectivity index (χ0n) is 10.8. The number of hydrogen-bond donors (Lipinski definition) is 1. The average molecular weight is 264 g/mol. The highest BCUT2D eigenvalue weighted by Gasteiger charge is 2.10. The van der Waals surface area contributed by atoms with Gasteiger partial charge in [0.15, 0.2) is 0 Å². The van der Waals surface area contributed by atoms with E-state index in [4.69, 9.17) is 10.5 Å². The minimum atomic E-state index is -0.339. The lowest BCUT2D eigenvalue weighted by Crippen LogP contribution is -2.25. The summed E-state index contributed by atoms with van der Waals surface area (Å²) in [7, 11) is 1.89. The fourth-order valence-electron chi connectivity index (χ4n) is 1.83. The van der Waals surface area contributed by atoms with Gasteiger partial charge in [-0.25, -0.2) is 14.4 Å². The zero-order valence-corrected chi connectivity index (χ0v) is 10.8. The maximum atomic E-state index is 13.6. The summed E-state index contributed by atoms with van der Waals surface area (Å²) < 4.78 is 19.0. The first-order chi connectivity index (χ1) is 9.24. The predicted octanol–water partition coefficient (Wildman–Crippen LogP) is 1.18. The quantitative estimate of drug-likeness (QED) is 0.794. The van der Waals surface area contributed by atoms with Gasteiger partial charge in [-0.1, -0.05) is 6.07 Å². The summed E-state index contributed by atoms with van der Waals surface area (Å²) in [6, 6.07) is 4.86. The van der Waals surface area contributed by atoms with Crippen molar-refractivity contribution in [3.63, 3.8) is 0 Å². The van der Waals surface area contributed by atoms with Crippen molar-refractivity contribution in [1.29, 1.82) is 0 Å². The molecule has 1 heterocycles. The Balaban J connectivity index is 2.17. The van der Waals surface area contributed by atoms with Crippen LogP contribution < -0.4 is 10.6 Å². The molecule has 102 valence electrons. The third kappa shape index (κ3) is 3.15. The van der Waals surface area contributed by atoms with Crippen molar-refractivity contribution >= 4 is 16.7 Å². The second kappa shape index (κ2) is 6.40. The topological polar surface area (TPSA) is 64.3 Å². The van der Waals surface area contributed by atoms with Crippen LogP contribution in [0.2, 0.25) is 0 Å². The molecule has 5 nitrogen and oxygen atoms in total. The molecule has 0 saturated heterocycles. The minimum absolute atomic E-state index is 0.335. The van der Waals surface area contributed by atoms with Gasteiger partial charge in [0.05, 0.1) is 13.2 Å². The second-order valence-electron chi connectivity index (χ2n) is 4.16. The van der Waals surface area contributed by atoms with Crippen molar-refractivity contribution in [2.45, 2.75) is 0 Å². The van der Waals surface area contributed by atoms with Crippen LogP contribution in [0.1, 0.15) is 0 Å². The lowest BCUT2D eigenvalue weighted by Gasteiger charge is -2.19. The third-order valence-electron chi connectivity index (χ3n) is 2.79. The number of para-hydroxylation sites is 1. The van der Waals surface area contributed by atoms with Gasteiger partial charge in [-0.05, 0) is 12.1 Å². The Bertz CT molecular complexity index is 549. The number of likely N-dealkylation sites (N-methyl/N-ethyl adjacent to an activating group) is 1. The summed E-state index contributed by atoms with van der Waals surface area (Å²) in [4.78, 5) is 10.1. The number of nitrogens with zero attached hydrogens (tertiary/aromatic N) is 3. The highest BCUT2D eigenvalue weighted by molar-refractivity contribution is 5.89. The monoisotopic (exact) mass is 264 g/mol. The summed E-state index contributed by atoms with van der Waals surface area (Å²) in [5, 5.41) is 0.698. The maximum Gasteiger partial charge on any atom is 0.149 e. The summed E-state index contributed by atoms with van der Waals surface area (Å²) in [6.45, 7) is 2.25. The van der Waals surface area contributed by atoms with E-state index >= 15 is 0 Å². The number of fused-ring (bicyclic) bond motifs is 1. The van der Waals surface area contributed by atoms with Crippen LogP contribution >= 0.6 is 0 Å². The van der Waals surface area contributed by atoms with E-state index in [1.165, 1.54) is 12.4 Å². The Hall–Kier alpha value is -1.79. The normalized spacial score (nSPS) is 10.9. The largest absolute Gasteiger partial charge is 0.378 e. The second-order valence-corrected chi connectivity index (χ2v) is 4.16. The van der Waals surface area contributed by atoms with Crippen molar-refractivity contribution < 1.29 is 9.13 Å². The van der Waals surface area contributed by atoms with Gasteiger partial charge in [0, 0.05) is 25.5 Å². The fraction of sp³-hybridized carbons (Fsp3) is 0.385. The van der Waals surface area contributed by atoms with Crippen LogP contribution in [0.3, 0.4) is 0 Å². The highest BCUT2D eigenvalue weighted by atomic mass is 19.1. The van der Waals surface area contributed by atoms with Crippen molar-refractivity contribution in [1.82, 2.24) is 9.97 Å². The van der Waals surface area contributed by atoms with E-state index in [1.54, 1.807) is 6.07 Å². The number of rotatable bonds is 6. The average Bonchev–Trinajstić information content (AvgIpc) is 2.43. The van der Waals surface area contributed by atoms with Crippen LogP contribution in [0.4, 0.5) is 10.2 Å². The molecule has 0 atom stereocenters. The summed E-state index contributed by atoms with van der Waals surface area (Å²) in [5.41, 5.74) is 5.68. The van der Waals surface area contributed by atoms with Gasteiger partial charge in [-0.3, -0.25) is 0 Å². The lowest BCUT2D eigenvalue weighted by atomic mass is 10.2. The number of aromatic nitrogens is 2. The SMILES string of the molecule is CN(CCOCCN)c1ncnc2c(F)cccc12. The molecule has 0 aliphatic heterocycles. The van der Waals surface area contributed by atoms with Crippen LogP contribution in [-0.2, 0) is 4.74 Å². The van der Waals surface area contributed by atoms with E-state index in [1.807, 2.05) is 18.0 Å².